The number of nitrogen functional groups attached to an aromatic ring is 1. The SMILES string of the molecule is CCCCN(CCO)c1nc(N)nc2cn(Cc3c(F)cc(C4CCN(CCS(C)(=O)=O)CC4)cc3OC)nc12. The van der Waals surface area contributed by atoms with Crippen molar-refractivity contribution in [2.75, 3.05) is 69.1 Å². The third-order valence-corrected chi connectivity index (χ3v) is 8.34. The van der Waals surface area contributed by atoms with E-state index >= 15 is 4.39 Å². The fraction of sp³-hybridized carbons (Fsp3) is 0.593. The molecule has 13 heteroatoms. The monoisotopic (exact) mass is 577 g/mol. The van der Waals surface area contributed by atoms with E-state index in [2.05, 4.69) is 26.9 Å². The second-order valence-corrected chi connectivity index (χ2v) is 12.7. The fourth-order valence-corrected chi connectivity index (χ4v) is 5.80. The topological polar surface area (TPSA) is 140 Å². The summed E-state index contributed by atoms with van der Waals surface area (Å²) in [5.41, 5.74) is 8.33. The molecule has 3 aromatic rings. The van der Waals surface area contributed by atoms with E-state index in [1.165, 1.54) is 13.4 Å². The van der Waals surface area contributed by atoms with Gasteiger partial charge in [0.1, 0.15) is 26.9 Å². The average molecular weight is 578 g/mol. The summed E-state index contributed by atoms with van der Waals surface area (Å²) in [5, 5.41) is 14.3. The molecule has 1 aliphatic heterocycles. The molecule has 3 heterocycles. The van der Waals surface area contributed by atoms with E-state index in [0.29, 0.717) is 47.8 Å². The van der Waals surface area contributed by atoms with Gasteiger partial charge < -0.3 is 25.4 Å². The van der Waals surface area contributed by atoms with Crippen molar-refractivity contribution in [2.45, 2.75) is 45.1 Å². The van der Waals surface area contributed by atoms with E-state index in [-0.39, 0.29) is 36.6 Å². The first-order valence-corrected chi connectivity index (χ1v) is 15.8. The van der Waals surface area contributed by atoms with Gasteiger partial charge in [0.05, 0.1) is 37.8 Å². The minimum absolute atomic E-state index is 0.0374. The van der Waals surface area contributed by atoms with Crippen LogP contribution in [0.4, 0.5) is 16.2 Å². The Morgan fingerprint density at radius 2 is 1.98 bits per heavy atom. The zero-order chi connectivity index (χ0) is 28.9. The molecule has 1 aliphatic rings. The summed E-state index contributed by atoms with van der Waals surface area (Å²) in [6, 6.07) is 3.48. The van der Waals surface area contributed by atoms with Crippen LogP contribution in [0.15, 0.2) is 18.3 Å². The number of rotatable bonds is 13. The second-order valence-electron chi connectivity index (χ2n) is 10.5. The van der Waals surface area contributed by atoms with E-state index in [4.69, 9.17) is 10.5 Å². The molecule has 0 amide bonds. The summed E-state index contributed by atoms with van der Waals surface area (Å²) in [6.45, 7) is 5.32. The van der Waals surface area contributed by atoms with E-state index in [1.807, 2.05) is 11.0 Å². The van der Waals surface area contributed by atoms with Crippen LogP contribution in [-0.2, 0) is 16.4 Å². The standard InChI is InChI=1S/C27H40FN7O4S/c1-4-5-8-34(11-13-36)26-25-23(30-27(29)31-26)18-35(32-25)17-21-22(28)15-20(16-24(21)39-2)19-6-9-33(10-7-19)12-14-40(3,37)38/h15-16,18-19,36H,4-14,17H2,1-3H3,(H2,29,30). The van der Waals surface area contributed by atoms with Gasteiger partial charge in [-0.05, 0) is 56.0 Å². The summed E-state index contributed by atoms with van der Waals surface area (Å²) < 4.78 is 45.8. The van der Waals surface area contributed by atoms with E-state index in [9.17, 15) is 13.5 Å². The number of aromatic nitrogens is 4. The van der Waals surface area contributed by atoms with Gasteiger partial charge in [0.25, 0.3) is 0 Å². The van der Waals surface area contributed by atoms with Crippen molar-refractivity contribution < 1.29 is 22.7 Å². The Bertz CT molecular complexity index is 1410. The maximum Gasteiger partial charge on any atom is 0.222 e. The van der Waals surface area contributed by atoms with Gasteiger partial charge >= 0.3 is 0 Å². The van der Waals surface area contributed by atoms with Crippen LogP contribution < -0.4 is 15.4 Å². The summed E-state index contributed by atoms with van der Waals surface area (Å²) in [7, 11) is -1.47. The molecule has 40 heavy (non-hydrogen) atoms. The molecular formula is C27H40FN7O4S. The molecule has 1 saturated heterocycles. The van der Waals surface area contributed by atoms with Crippen molar-refractivity contribution in [2.24, 2.45) is 0 Å². The number of likely N-dealkylation sites (tertiary alicyclic amines) is 1. The number of nitrogens with two attached hydrogens (primary N) is 1. The maximum absolute atomic E-state index is 15.6. The van der Waals surface area contributed by atoms with Gasteiger partial charge in [-0.15, -0.1) is 0 Å². The Hall–Kier alpha value is -3.03. The van der Waals surface area contributed by atoms with E-state index < -0.39 is 9.84 Å². The van der Waals surface area contributed by atoms with Crippen LogP contribution in [0.25, 0.3) is 11.0 Å². The number of nitrogens with zero attached hydrogens (tertiary/aromatic N) is 6. The Labute approximate surface area is 235 Å². The van der Waals surface area contributed by atoms with Crippen molar-refractivity contribution in [3.05, 3.63) is 35.3 Å². The van der Waals surface area contributed by atoms with Crippen molar-refractivity contribution in [1.82, 2.24) is 24.6 Å². The molecule has 11 nitrogen and oxygen atoms in total. The van der Waals surface area contributed by atoms with Gasteiger partial charge in [0, 0.05) is 25.9 Å². The minimum atomic E-state index is -3.00. The number of benzene rings is 1. The second kappa shape index (κ2) is 13.1. The van der Waals surface area contributed by atoms with Gasteiger partial charge in [-0.3, -0.25) is 4.68 Å². The number of hydrogen-bond acceptors (Lipinski definition) is 10. The number of aliphatic hydroxyl groups is 1. The average Bonchev–Trinajstić information content (AvgIpc) is 3.32. The number of piperidine rings is 1. The first kappa shape index (κ1) is 29.9. The van der Waals surface area contributed by atoms with Gasteiger partial charge in [-0.2, -0.15) is 10.1 Å². The van der Waals surface area contributed by atoms with Crippen LogP contribution in [0.1, 0.15) is 49.7 Å². The number of ether oxygens (including phenoxy) is 1. The molecule has 1 fully saturated rings. The largest absolute Gasteiger partial charge is 0.496 e. The normalized spacial score (nSPS) is 15.1. The van der Waals surface area contributed by atoms with Gasteiger partial charge in [-0.1, -0.05) is 13.3 Å². The lowest BCUT2D eigenvalue weighted by atomic mass is 9.88. The predicted molar refractivity (Wildman–Crippen MR) is 154 cm³/mol. The van der Waals surface area contributed by atoms with E-state index in [0.717, 1.165) is 44.3 Å². The van der Waals surface area contributed by atoms with Crippen LogP contribution in [0.5, 0.6) is 5.75 Å². The number of anilines is 2. The van der Waals surface area contributed by atoms with Crippen LogP contribution in [-0.4, -0.2) is 96.6 Å². The van der Waals surface area contributed by atoms with Gasteiger partial charge in [0.2, 0.25) is 5.95 Å². The third-order valence-electron chi connectivity index (χ3n) is 7.41. The lowest BCUT2D eigenvalue weighted by molar-refractivity contribution is 0.223. The molecule has 0 saturated carbocycles. The van der Waals surface area contributed by atoms with E-state index in [1.54, 1.807) is 16.9 Å². The summed E-state index contributed by atoms with van der Waals surface area (Å²) in [4.78, 5) is 12.8. The molecule has 0 unspecified atom stereocenters. The molecule has 0 atom stereocenters. The Morgan fingerprint density at radius 1 is 1.23 bits per heavy atom. The molecule has 0 bridgehead atoms. The first-order valence-electron chi connectivity index (χ1n) is 13.7. The lowest BCUT2D eigenvalue weighted by Gasteiger charge is -2.32. The molecule has 220 valence electrons. The maximum atomic E-state index is 15.6. The van der Waals surface area contributed by atoms with Crippen molar-refractivity contribution in [3.8, 4) is 5.75 Å². The van der Waals surface area contributed by atoms with Crippen molar-refractivity contribution >= 4 is 32.6 Å². The number of aliphatic hydroxyl groups excluding tert-OH is 1. The first-order chi connectivity index (χ1) is 19.1. The number of sulfone groups is 1. The Morgan fingerprint density at radius 3 is 2.62 bits per heavy atom. The Balaban J connectivity index is 1.54. The highest BCUT2D eigenvalue weighted by molar-refractivity contribution is 7.90. The minimum Gasteiger partial charge on any atom is -0.496 e. The lowest BCUT2D eigenvalue weighted by Crippen LogP contribution is -2.36. The molecule has 0 spiro atoms. The molecule has 0 radical (unpaired) electrons. The summed E-state index contributed by atoms with van der Waals surface area (Å²) in [6.07, 6.45) is 6.51. The number of methoxy groups -OCH3 is 1. The van der Waals surface area contributed by atoms with Crippen LogP contribution in [0, 0.1) is 5.82 Å². The van der Waals surface area contributed by atoms with Crippen LogP contribution >= 0.6 is 0 Å². The van der Waals surface area contributed by atoms with Crippen molar-refractivity contribution in [3.63, 3.8) is 0 Å². The Kier molecular flexibility index (Phi) is 9.80. The molecule has 4 rings (SSSR count). The molecule has 3 N–H and O–H groups in total. The molecule has 0 aliphatic carbocycles. The fourth-order valence-electron chi connectivity index (χ4n) is 5.21. The van der Waals surface area contributed by atoms with Crippen LogP contribution in [0.2, 0.25) is 0 Å². The third kappa shape index (κ3) is 7.38. The number of fused-ring (bicyclic) bond motifs is 1. The molecule has 2 aromatic heterocycles. The highest BCUT2D eigenvalue weighted by Crippen LogP contribution is 2.34. The highest BCUT2D eigenvalue weighted by atomic mass is 32.2. The van der Waals surface area contributed by atoms with Crippen LogP contribution in [0.3, 0.4) is 0 Å². The van der Waals surface area contributed by atoms with Gasteiger partial charge in [-0.25, -0.2) is 17.8 Å². The quantitative estimate of drug-likeness (QED) is 0.311. The summed E-state index contributed by atoms with van der Waals surface area (Å²) >= 11 is 0. The molecule has 1 aromatic carbocycles. The number of unbranched alkanes of at least 4 members (excludes halogenated alkanes) is 1. The van der Waals surface area contributed by atoms with Crippen molar-refractivity contribution in [1.29, 1.82) is 0 Å². The predicted octanol–water partition coefficient (Wildman–Crippen LogP) is 2.43. The molecular weight excluding hydrogens is 537 g/mol. The van der Waals surface area contributed by atoms with Gasteiger partial charge in [0.15, 0.2) is 11.3 Å². The summed E-state index contributed by atoms with van der Waals surface area (Å²) in [5.74, 6) is 1.05. The number of halogens is 1. The zero-order valence-corrected chi connectivity index (χ0v) is 24.3. The highest BCUT2D eigenvalue weighted by Gasteiger charge is 2.24. The smallest absolute Gasteiger partial charge is 0.222 e. The zero-order valence-electron chi connectivity index (χ0n) is 23.5. The number of hydrogen-bond donors (Lipinski definition) is 2.